The molecule has 3 atom stereocenters. The normalized spacial score (nSPS) is 21.4. The Balaban J connectivity index is 1.77. The van der Waals surface area contributed by atoms with Crippen molar-refractivity contribution in [3.05, 3.63) is 48.3 Å². The highest BCUT2D eigenvalue weighted by atomic mass is 16.5. The van der Waals surface area contributed by atoms with Crippen LogP contribution in [0.2, 0.25) is 0 Å². The van der Waals surface area contributed by atoms with Crippen molar-refractivity contribution < 1.29 is 19.3 Å². The van der Waals surface area contributed by atoms with Gasteiger partial charge in [0.15, 0.2) is 0 Å². The van der Waals surface area contributed by atoms with E-state index >= 15 is 0 Å². The number of hydrogen-bond acceptors (Lipinski definition) is 6. The number of nitrogens with zero attached hydrogens (tertiary/aromatic N) is 2. The minimum atomic E-state index is -0.828. The Morgan fingerprint density at radius 2 is 1.80 bits per heavy atom. The summed E-state index contributed by atoms with van der Waals surface area (Å²) in [5, 5.41) is 20.2. The number of amidine groups is 1. The number of imidazole rings is 1. The van der Waals surface area contributed by atoms with Gasteiger partial charge in [0.25, 0.3) is 0 Å². The molecule has 4 rings (SSSR count). The zero-order valence-corrected chi connectivity index (χ0v) is 17.3. The van der Waals surface area contributed by atoms with Crippen LogP contribution in [0.5, 0.6) is 11.5 Å². The van der Waals surface area contributed by atoms with Gasteiger partial charge in [-0.2, -0.15) is 0 Å². The molecule has 0 radical (unpaired) electrons. The van der Waals surface area contributed by atoms with Crippen LogP contribution in [0.1, 0.15) is 18.2 Å². The molecule has 0 saturated carbocycles. The number of fused-ring (bicyclic) bond motifs is 1. The van der Waals surface area contributed by atoms with Crippen LogP contribution in [0.3, 0.4) is 0 Å². The third kappa shape index (κ3) is 3.48. The molecule has 1 aliphatic heterocycles. The molecule has 8 heteroatoms. The smallest absolute Gasteiger partial charge is 0.124 e. The molecule has 3 N–H and O–H groups in total. The molecule has 1 aromatic heterocycles. The summed E-state index contributed by atoms with van der Waals surface area (Å²) in [5.41, 5.74) is 2.40. The van der Waals surface area contributed by atoms with Crippen LogP contribution in [0.25, 0.3) is 11.0 Å². The Labute approximate surface area is 174 Å². The Morgan fingerprint density at radius 3 is 2.43 bits per heavy atom. The molecule has 0 spiro atoms. The van der Waals surface area contributed by atoms with Gasteiger partial charge in [-0.05, 0) is 18.6 Å². The van der Waals surface area contributed by atoms with E-state index in [2.05, 4.69) is 9.97 Å². The summed E-state index contributed by atoms with van der Waals surface area (Å²) in [5.74, 6) is 1.48. The Kier molecular flexibility index (Phi) is 5.61. The molecule has 30 heavy (non-hydrogen) atoms. The van der Waals surface area contributed by atoms with Gasteiger partial charge in [0.1, 0.15) is 29.1 Å². The first-order chi connectivity index (χ1) is 14.6. The minimum absolute atomic E-state index is 0.262. The van der Waals surface area contributed by atoms with Crippen LogP contribution in [0, 0.1) is 5.41 Å². The van der Waals surface area contributed by atoms with Crippen LogP contribution >= 0.6 is 0 Å². The molecule has 0 aliphatic carbocycles. The van der Waals surface area contributed by atoms with Crippen LogP contribution in [0.4, 0.5) is 5.69 Å². The maximum absolute atomic E-state index is 11.2. The topological polar surface area (TPSA) is 104 Å². The number of benzene rings is 2. The van der Waals surface area contributed by atoms with Gasteiger partial charge >= 0.3 is 0 Å². The Bertz CT molecular complexity index is 995. The standard InChI is InChI=1S/C22H26N4O4/c1-28-9-8-18-20(27)19(22-24-16-6-4-5-7-17(16)25-22)21(23)26(18)13-10-14(29-2)12-15(11-13)30-3/h4-7,10-12,18-20,23,27H,8-9H2,1-3H3,(H,24,25). The van der Waals surface area contributed by atoms with Gasteiger partial charge in [0.2, 0.25) is 0 Å². The van der Waals surface area contributed by atoms with Gasteiger partial charge in [-0.25, -0.2) is 4.98 Å². The monoisotopic (exact) mass is 410 g/mol. The summed E-state index contributed by atoms with van der Waals surface area (Å²) >= 11 is 0. The third-order valence-corrected chi connectivity index (χ3v) is 5.56. The number of methoxy groups -OCH3 is 3. The average molecular weight is 410 g/mol. The zero-order valence-electron chi connectivity index (χ0n) is 17.3. The zero-order chi connectivity index (χ0) is 21.3. The predicted molar refractivity (Wildman–Crippen MR) is 115 cm³/mol. The first kappa shape index (κ1) is 20.2. The lowest BCUT2D eigenvalue weighted by Crippen LogP contribution is -2.37. The highest BCUT2D eigenvalue weighted by Crippen LogP contribution is 2.40. The highest BCUT2D eigenvalue weighted by molar-refractivity contribution is 6.04. The maximum Gasteiger partial charge on any atom is 0.124 e. The number of ether oxygens (including phenoxy) is 3. The van der Waals surface area contributed by atoms with Gasteiger partial charge in [-0.15, -0.1) is 0 Å². The second-order valence-corrected chi connectivity index (χ2v) is 7.28. The summed E-state index contributed by atoms with van der Waals surface area (Å²) in [4.78, 5) is 9.74. The molecule has 158 valence electrons. The molecule has 1 fully saturated rings. The largest absolute Gasteiger partial charge is 0.497 e. The summed E-state index contributed by atoms with van der Waals surface area (Å²) in [7, 11) is 4.80. The number of anilines is 1. The molecule has 3 unspecified atom stereocenters. The van der Waals surface area contributed by atoms with E-state index in [1.165, 1.54) is 0 Å². The first-order valence-electron chi connectivity index (χ1n) is 9.79. The van der Waals surface area contributed by atoms with Crippen molar-refractivity contribution in [2.75, 3.05) is 32.8 Å². The van der Waals surface area contributed by atoms with E-state index in [-0.39, 0.29) is 11.9 Å². The van der Waals surface area contributed by atoms with Crippen LogP contribution < -0.4 is 14.4 Å². The summed E-state index contributed by atoms with van der Waals surface area (Å²) in [6.45, 7) is 0.458. The molecular formula is C22H26N4O4. The number of hydrogen-bond donors (Lipinski definition) is 3. The van der Waals surface area contributed by atoms with Crippen molar-refractivity contribution in [1.82, 2.24) is 9.97 Å². The van der Waals surface area contributed by atoms with Crippen LogP contribution in [-0.2, 0) is 4.74 Å². The van der Waals surface area contributed by atoms with Crippen molar-refractivity contribution >= 4 is 22.6 Å². The molecule has 2 heterocycles. The van der Waals surface area contributed by atoms with E-state index < -0.39 is 12.0 Å². The second kappa shape index (κ2) is 8.33. The number of rotatable bonds is 7. The van der Waals surface area contributed by atoms with E-state index in [4.69, 9.17) is 19.6 Å². The average Bonchev–Trinajstić information content (AvgIpc) is 3.29. The fraction of sp³-hybridized carbons (Fsp3) is 0.364. The number of aromatic amines is 1. The molecule has 1 saturated heterocycles. The molecule has 2 aromatic carbocycles. The van der Waals surface area contributed by atoms with Gasteiger partial charge in [0.05, 0.1) is 37.4 Å². The fourth-order valence-corrected chi connectivity index (χ4v) is 4.08. The number of para-hydroxylation sites is 2. The molecule has 8 nitrogen and oxygen atoms in total. The van der Waals surface area contributed by atoms with Crippen molar-refractivity contribution in [2.24, 2.45) is 0 Å². The number of H-pyrrole nitrogens is 1. The molecule has 0 amide bonds. The molecule has 1 aliphatic rings. The number of aromatic nitrogens is 2. The van der Waals surface area contributed by atoms with Crippen molar-refractivity contribution in [2.45, 2.75) is 24.5 Å². The summed E-state index contributed by atoms with van der Waals surface area (Å²) < 4.78 is 16.1. The van der Waals surface area contributed by atoms with E-state index in [1.807, 2.05) is 41.3 Å². The van der Waals surface area contributed by atoms with Gasteiger partial charge < -0.3 is 29.2 Å². The van der Waals surface area contributed by atoms with Crippen molar-refractivity contribution in [1.29, 1.82) is 5.41 Å². The summed E-state index contributed by atoms with van der Waals surface area (Å²) in [6, 6.07) is 12.8. The fourth-order valence-electron chi connectivity index (χ4n) is 4.08. The lowest BCUT2D eigenvalue weighted by atomic mass is 9.98. The lowest BCUT2D eigenvalue weighted by molar-refractivity contribution is 0.121. The second-order valence-electron chi connectivity index (χ2n) is 7.28. The Hall–Kier alpha value is -3.10. The lowest BCUT2D eigenvalue weighted by Gasteiger charge is -2.28. The van der Waals surface area contributed by atoms with Crippen LogP contribution in [0.15, 0.2) is 42.5 Å². The number of aliphatic hydroxyl groups is 1. The summed E-state index contributed by atoms with van der Waals surface area (Å²) in [6.07, 6.45) is -0.276. The van der Waals surface area contributed by atoms with E-state index in [0.29, 0.717) is 30.4 Å². The van der Waals surface area contributed by atoms with Gasteiger partial charge in [0, 0.05) is 37.6 Å². The number of nitrogens with one attached hydrogen (secondary N) is 2. The molecule has 3 aromatic rings. The quantitative estimate of drug-likeness (QED) is 0.553. The molecular weight excluding hydrogens is 384 g/mol. The third-order valence-electron chi connectivity index (χ3n) is 5.56. The predicted octanol–water partition coefficient (Wildman–Crippen LogP) is 2.93. The van der Waals surface area contributed by atoms with E-state index in [0.717, 1.165) is 16.7 Å². The van der Waals surface area contributed by atoms with Gasteiger partial charge in [-0.3, -0.25) is 5.41 Å². The Morgan fingerprint density at radius 1 is 1.10 bits per heavy atom. The maximum atomic E-state index is 11.2. The van der Waals surface area contributed by atoms with E-state index in [9.17, 15) is 5.11 Å². The molecule has 0 bridgehead atoms. The SMILES string of the molecule is COCCC1C(O)C(c2nc3ccccc3[nH]2)C(=N)N1c1cc(OC)cc(OC)c1. The van der Waals surface area contributed by atoms with Crippen molar-refractivity contribution in [3.8, 4) is 11.5 Å². The first-order valence-corrected chi connectivity index (χ1v) is 9.79. The number of aliphatic hydroxyl groups excluding tert-OH is 1. The van der Waals surface area contributed by atoms with Crippen molar-refractivity contribution in [3.63, 3.8) is 0 Å². The van der Waals surface area contributed by atoms with Crippen LogP contribution in [-0.4, -0.2) is 61.0 Å². The van der Waals surface area contributed by atoms with E-state index in [1.54, 1.807) is 27.4 Å². The van der Waals surface area contributed by atoms with Gasteiger partial charge in [-0.1, -0.05) is 12.1 Å². The highest BCUT2D eigenvalue weighted by Gasteiger charge is 2.47. The minimum Gasteiger partial charge on any atom is -0.497 e.